The van der Waals surface area contributed by atoms with E-state index < -0.39 is 0 Å². The third-order valence-electron chi connectivity index (χ3n) is 3.23. The molecule has 100 valence electrons. The molecule has 1 aromatic carbocycles. The van der Waals surface area contributed by atoms with Crippen LogP contribution in [0.5, 0.6) is 0 Å². The fourth-order valence-corrected chi connectivity index (χ4v) is 3.09. The molecule has 1 heterocycles. The zero-order valence-electron chi connectivity index (χ0n) is 11.3. The summed E-state index contributed by atoms with van der Waals surface area (Å²) in [6, 6.07) is 9.37. The lowest BCUT2D eigenvalue weighted by molar-refractivity contribution is 0.0455. The Morgan fingerprint density at radius 2 is 2.06 bits per heavy atom. The summed E-state index contributed by atoms with van der Waals surface area (Å²) in [5.74, 6) is 1.14. The molecule has 18 heavy (non-hydrogen) atoms. The normalized spacial score (nSPS) is 17.4. The third-order valence-corrected chi connectivity index (χ3v) is 4.50. The third kappa shape index (κ3) is 4.01. The van der Waals surface area contributed by atoms with Crippen molar-refractivity contribution in [3.63, 3.8) is 0 Å². The van der Waals surface area contributed by atoms with Crippen LogP contribution in [0.25, 0.3) is 0 Å². The Morgan fingerprint density at radius 1 is 1.33 bits per heavy atom. The van der Waals surface area contributed by atoms with Crippen LogP contribution in [0, 0.1) is 6.92 Å². The first-order valence-electron chi connectivity index (χ1n) is 6.79. The fourth-order valence-electron chi connectivity index (χ4n) is 1.93. The predicted octanol–water partition coefficient (Wildman–Crippen LogP) is 3.17. The number of rotatable bonds is 7. The molecule has 1 aromatic rings. The lowest BCUT2D eigenvalue weighted by Gasteiger charge is -2.28. The first-order chi connectivity index (χ1) is 8.79. The van der Waals surface area contributed by atoms with E-state index in [1.54, 1.807) is 0 Å². The molecule has 1 atom stereocenters. The molecule has 0 aliphatic carbocycles. The minimum atomic E-state index is 0.469. The van der Waals surface area contributed by atoms with Gasteiger partial charge in [-0.2, -0.15) is 11.8 Å². The van der Waals surface area contributed by atoms with E-state index >= 15 is 0 Å². The van der Waals surface area contributed by atoms with Gasteiger partial charge >= 0.3 is 0 Å². The Bertz CT molecular complexity index is 348. The van der Waals surface area contributed by atoms with Gasteiger partial charge in [-0.05, 0) is 25.5 Å². The van der Waals surface area contributed by atoms with Crippen LogP contribution in [-0.2, 0) is 4.74 Å². The van der Waals surface area contributed by atoms with Crippen LogP contribution >= 0.6 is 11.8 Å². The average molecular weight is 265 g/mol. The summed E-state index contributed by atoms with van der Waals surface area (Å²) in [6.45, 7) is 7.29. The smallest absolute Gasteiger partial charge is 0.0607 e. The highest BCUT2D eigenvalue weighted by atomic mass is 32.2. The van der Waals surface area contributed by atoms with Crippen molar-refractivity contribution in [3.8, 4) is 0 Å². The maximum absolute atomic E-state index is 5.23. The molecule has 0 saturated carbocycles. The molecule has 0 aromatic heterocycles. The molecule has 1 unspecified atom stereocenters. The largest absolute Gasteiger partial charge is 0.379 e. The number of aryl methyl sites for hydroxylation is 1. The van der Waals surface area contributed by atoms with Crippen molar-refractivity contribution in [2.75, 3.05) is 25.5 Å². The molecule has 1 saturated heterocycles. The van der Waals surface area contributed by atoms with Gasteiger partial charge in [-0.3, -0.25) is 0 Å². The zero-order valence-corrected chi connectivity index (χ0v) is 12.1. The lowest BCUT2D eigenvalue weighted by atomic mass is 10.1. The van der Waals surface area contributed by atoms with Crippen LogP contribution < -0.4 is 5.32 Å². The van der Waals surface area contributed by atoms with Crippen LogP contribution in [0.15, 0.2) is 24.3 Å². The molecule has 1 aliphatic rings. The minimum absolute atomic E-state index is 0.469. The maximum atomic E-state index is 5.23. The van der Waals surface area contributed by atoms with E-state index in [0.717, 1.165) is 25.5 Å². The summed E-state index contributed by atoms with van der Waals surface area (Å²) in [5, 5.41) is 4.36. The van der Waals surface area contributed by atoms with Crippen molar-refractivity contribution in [1.82, 2.24) is 5.32 Å². The molecule has 3 heteroatoms. The van der Waals surface area contributed by atoms with Gasteiger partial charge in [0, 0.05) is 11.8 Å². The molecule has 2 rings (SSSR count). The van der Waals surface area contributed by atoms with Crippen LogP contribution in [0.4, 0.5) is 0 Å². The second kappa shape index (κ2) is 7.17. The molecular formula is C15H23NOS. The Balaban J connectivity index is 1.91. The molecule has 0 radical (unpaired) electrons. The van der Waals surface area contributed by atoms with E-state index in [1.165, 1.54) is 17.5 Å². The van der Waals surface area contributed by atoms with Gasteiger partial charge in [0.2, 0.25) is 0 Å². The average Bonchev–Trinajstić information content (AvgIpc) is 2.32. The summed E-state index contributed by atoms with van der Waals surface area (Å²) < 4.78 is 5.23. The standard InChI is InChI=1S/C15H23NOS/c1-3-8-16-15(11-18-14-9-17-10-14)13-6-4-12(2)5-7-13/h4-7,14-16H,3,8-11H2,1-2H3. The Morgan fingerprint density at radius 3 is 2.61 bits per heavy atom. The Hall–Kier alpha value is -0.510. The lowest BCUT2D eigenvalue weighted by Crippen LogP contribution is -2.32. The topological polar surface area (TPSA) is 21.3 Å². The first-order valence-corrected chi connectivity index (χ1v) is 7.83. The van der Waals surface area contributed by atoms with E-state index in [9.17, 15) is 0 Å². The van der Waals surface area contributed by atoms with Crippen molar-refractivity contribution in [3.05, 3.63) is 35.4 Å². The van der Waals surface area contributed by atoms with Crippen LogP contribution in [-0.4, -0.2) is 30.8 Å². The van der Waals surface area contributed by atoms with E-state index in [-0.39, 0.29) is 0 Å². The SMILES string of the molecule is CCCNC(CSC1COC1)c1ccc(C)cc1. The van der Waals surface area contributed by atoms with Gasteiger partial charge in [0.15, 0.2) is 0 Å². The second-order valence-corrected chi connectivity index (χ2v) is 6.24. The van der Waals surface area contributed by atoms with Gasteiger partial charge in [-0.25, -0.2) is 0 Å². The highest BCUT2D eigenvalue weighted by Gasteiger charge is 2.21. The fraction of sp³-hybridized carbons (Fsp3) is 0.600. The number of hydrogen-bond donors (Lipinski definition) is 1. The number of benzene rings is 1. The van der Waals surface area contributed by atoms with E-state index in [1.807, 2.05) is 11.8 Å². The predicted molar refractivity (Wildman–Crippen MR) is 79.3 cm³/mol. The number of ether oxygens (including phenoxy) is 1. The monoisotopic (exact) mass is 265 g/mol. The van der Waals surface area contributed by atoms with Crippen LogP contribution in [0.2, 0.25) is 0 Å². The summed E-state index contributed by atoms with van der Waals surface area (Å²) in [4.78, 5) is 0. The van der Waals surface area contributed by atoms with Gasteiger partial charge in [-0.1, -0.05) is 36.8 Å². The summed E-state index contributed by atoms with van der Waals surface area (Å²) in [6.07, 6.45) is 1.18. The van der Waals surface area contributed by atoms with Crippen molar-refractivity contribution in [1.29, 1.82) is 0 Å². The van der Waals surface area contributed by atoms with Gasteiger partial charge < -0.3 is 10.1 Å². The quantitative estimate of drug-likeness (QED) is 0.818. The summed E-state index contributed by atoms with van der Waals surface area (Å²) in [7, 11) is 0. The molecule has 1 aliphatic heterocycles. The van der Waals surface area contributed by atoms with Crippen LogP contribution in [0.1, 0.15) is 30.5 Å². The Kier molecular flexibility index (Phi) is 5.54. The number of hydrogen-bond acceptors (Lipinski definition) is 3. The highest BCUT2D eigenvalue weighted by Crippen LogP contribution is 2.25. The van der Waals surface area contributed by atoms with Crippen molar-refractivity contribution >= 4 is 11.8 Å². The second-order valence-electron chi connectivity index (χ2n) is 4.91. The van der Waals surface area contributed by atoms with Gasteiger partial charge in [0.05, 0.1) is 18.5 Å². The molecule has 2 nitrogen and oxygen atoms in total. The number of thioether (sulfide) groups is 1. The van der Waals surface area contributed by atoms with Crippen molar-refractivity contribution in [2.24, 2.45) is 0 Å². The first kappa shape index (κ1) is 13.9. The van der Waals surface area contributed by atoms with Gasteiger partial charge in [-0.15, -0.1) is 0 Å². The molecule has 0 spiro atoms. The van der Waals surface area contributed by atoms with Crippen molar-refractivity contribution in [2.45, 2.75) is 31.6 Å². The Labute approximate surface area is 114 Å². The molecule has 1 N–H and O–H groups in total. The van der Waals surface area contributed by atoms with E-state index in [4.69, 9.17) is 4.74 Å². The minimum Gasteiger partial charge on any atom is -0.379 e. The van der Waals surface area contributed by atoms with Crippen molar-refractivity contribution < 1.29 is 4.74 Å². The van der Waals surface area contributed by atoms with E-state index in [2.05, 4.69) is 43.4 Å². The number of nitrogens with one attached hydrogen (secondary N) is 1. The summed E-state index contributed by atoms with van der Waals surface area (Å²) in [5.41, 5.74) is 2.73. The summed E-state index contributed by atoms with van der Waals surface area (Å²) >= 11 is 2.03. The molecule has 0 amide bonds. The zero-order chi connectivity index (χ0) is 12.8. The molecule has 1 fully saturated rings. The maximum Gasteiger partial charge on any atom is 0.0607 e. The molecule has 0 bridgehead atoms. The van der Waals surface area contributed by atoms with Gasteiger partial charge in [0.25, 0.3) is 0 Å². The van der Waals surface area contributed by atoms with Crippen LogP contribution in [0.3, 0.4) is 0 Å². The van der Waals surface area contributed by atoms with E-state index in [0.29, 0.717) is 11.3 Å². The molecular weight excluding hydrogens is 242 g/mol. The van der Waals surface area contributed by atoms with Gasteiger partial charge in [0.1, 0.15) is 0 Å². The highest BCUT2D eigenvalue weighted by molar-refractivity contribution is 8.00.